The minimum absolute atomic E-state index is 0.0750. The molecule has 4 rings (SSSR count). The molecule has 3 aromatic rings. The van der Waals surface area contributed by atoms with E-state index < -0.39 is 0 Å². The van der Waals surface area contributed by atoms with Crippen LogP contribution in [0.4, 0.5) is 5.69 Å². The summed E-state index contributed by atoms with van der Waals surface area (Å²) in [6, 6.07) is 13.6. The van der Waals surface area contributed by atoms with Gasteiger partial charge in [0.05, 0.1) is 7.11 Å². The summed E-state index contributed by atoms with van der Waals surface area (Å²) in [5, 5.41) is 4.12. The van der Waals surface area contributed by atoms with Gasteiger partial charge in [0.1, 0.15) is 5.75 Å². The molecular weight excluding hydrogens is 342 g/mol. The van der Waals surface area contributed by atoms with Gasteiger partial charge < -0.3 is 14.2 Å². The first-order chi connectivity index (χ1) is 13.0. The van der Waals surface area contributed by atoms with E-state index >= 15 is 0 Å². The number of carbonyl (C=O) groups is 1. The molecular formula is C21H21N3O3. The van der Waals surface area contributed by atoms with E-state index in [1.807, 2.05) is 55.1 Å². The van der Waals surface area contributed by atoms with Crippen molar-refractivity contribution in [1.82, 2.24) is 10.1 Å². The van der Waals surface area contributed by atoms with Crippen molar-refractivity contribution >= 4 is 11.6 Å². The molecule has 6 heteroatoms. The van der Waals surface area contributed by atoms with Crippen molar-refractivity contribution in [3.05, 3.63) is 59.4 Å². The summed E-state index contributed by atoms with van der Waals surface area (Å²) in [6.45, 7) is 4.63. The third kappa shape index (κ3) is 3.30. The highest BCUT2D eigenvalue weighted by molar-refractivity contribution is 5.97. The van der Waals surface area contributed by atoms with E-state index in [9.17, 15) is 4.79 Å². The molecule has 0 spiro atoms. The molecule has 1 aliphatic heterocycles. The monoisotopic (exact) mass is 363 g/mol. The molecule has 1 atom stereocenters. The van der Waals surface area contributed by atoms with Gasteiger partial charge in [-0.2, -0.15) is 4.98 Å². The molecule has 1 saturated heterocycles. The quantitative estimate of drug-likeness (QED) is 0.703. The van der Waals surface area contributed by atoms with E-state index in [-0.39, 0.29) is 11.8 Å². The van der Waals surface area contributed by atoms with E-state index in [2.05, 4.69) is 16.2 Å². The molecule has 0 saturated carbocycles. The predicted molar refractivity (Wildman–Crippen MR) is 102 cm³/mol. The van der Waals surface area contributed by atoms with Crippen molar-refractivity contribution in [2.75, 3.05) is 18.6 Å². The molecule has 0 bridgehead atoms. The van der Waals surface area contributed by atoms with E-state index in [1.54, 1.807) is 7.11 Å². The van der Waals surface area contributed by atoms with Crippen LogP contribution in [0.1, 0.15) is 29.3 Å². The van der Waals surface area contributed by atoms with Crippen LogP contribution in [-0.2, 0) is 4.79 Å². The van der Waals surface area contributed by atoms with Gasteiger partial charge in [-0.05, 0) is 49.7 Å². The molecule has 0 aliphatic carbocycles. The number of anilines is 1. The van der Waals surface area contributed by atoms with Gasteiger partial charge in [0, 0.05) is 30.1 Å². The summed E-state index contributed by atoms with van der Waals surface area (Å²) in [7, 11) is 1.62. The van der Waals surface area contributed by atoms with Crippen molar-refractivity contribution < 1.29 is 14.1 Å². The van der Waals surface area contributed by atoms with Crippen LogP contribution in [0.5, 0.6) is 5.75 Å². The van der Waals surface area contributed by atoms with Crippen molar-refractivity contribution in [1.29, 1.82) is 0 Å². The van der Waals surface area contributed by atoms with E-state index in [0.717, 1.165) is 22.6 Å². The van der Waals surface area contributed by atoms with E-state index in [1.165, 1.54) is 5.56 Å². The summed E-state index contributed by atoms with van der Waals surface area (Å²) in [5.74, 6) is 1.80. The number of ether oxygens (including phenoxy) is 1. The van der Waals surface area contributed by atoms with Gasteiger partial charge in [-0.25, -0.2) is 0 Å². The molecule has 1 aliphatic rings. The molecule has 2 aromatic carbocycles. The van der Waals surface area contributed by atoms with E-state index in [4.69, 9.17) is 9.26 Å². The Labute approximate surface area is 157 Å². The lowest BCUT2D eigenvalue weighted by Gasteiger charge is -2.19. The Balaban J connectivity index is 1.54. The van der Waals surface area contributed by atoms with Crippen LogP contribution in [0.25, 0.3) is 11.5 Å². The van der Waals surface area contributed by atoms with Crippen molar-refractivity contribution in [3.63, 3.8) is 0 Å². The highest BCUT2D eigenvalue weighted by Crippen LogP contribution is 2.33. The fourth-order valence-corrected chi connectivity index (χ4v) is 3.47. The second-order valence-corrected chi connectivity index (χ2v) is 6.88. The molecule has 1 aromatic heterocycles. The Morgan fingerprint density at radius 1 is 1.15 bits per heavy atom. The maximum absolute atomic E-state index is 12.6. The topological polar surface area (TPSA) is 68.5 Å². The summed E-state index contributed by atoms with van der Waals surface area (Å²) >= 11 is 0. The van der Waals surface area contributed by atoms with Gasteiger partial charge >= 0.3 is 0 Å². The van der Waals surface area contributed by atoms with Gasteiger partial charge in [0.2, 0.25) is 5.91 Å². The van der Waals surface area contributed by atoms with Crippen LogP contribution >= 0.6 is 0 Å². The predicted octanol–water partition coefficient (Wildman–Crippen LogP) is 3.88. The van der Waals surface area contributed by atoms with Crippen LogP contribution in [0, 0.1) is 13.8 Å². The fraction of sp³-hybridized carbons (Fsp3) is 0.286. The summed E-state index contributed by atoms with van der Waals surface area (Å²) < 4.78 is 10.6. The number of benzene rings is 2. The highest BCUT2D eigenvalue weighted by atomic mass is 16.5. The summed E-state index contributed by atoms with van der Waals surface area (Å²) in [5.41, 5.74) is 4.05. The first-order valence-electron chi connectivity index (χ1n) is 8.91. The number of hydrogen-bond donors (Lipinski definition) is 0. The Morgan fingerprint density at radius 2 is 1.93 bits per heavy atom. The molecule has 1 amide bonds. The van der Waals surface area contributed by atoms with Crippen LogP contribution < -0.4 is 9.64 Å². The molecule has 6 nitrogen and oxygen atoms in total. The second-order valence-electron chi connectivity index (χ2n) is 6.88. The van der Waals surface area contributed by atoms with Crippen LogP contribution in [0.2, 0.25) is 0 Å². The molecule has 1 fully saturated rings. The normalized spacial score (nSPS) is 16.8. The third-order valence-electron chi connectivity index (χ3n) is 4.91. The first-order valence-corrected chi connectivity index (χ1v) is 8.91. The molecule has 1 unspecified atom stereocenters. The lowest BCUT2D eigenvalue weighted by atomic mass is 10.1. The molecule has 0 radical (unpaired) electrons. The van der Waals surface area contributed by atoms with Crippen LogP contribution in [-0.4, -0.2) is 29.7 Å². The van der Waals surface area contributed by atoms with Gasteiger partial charge in [-0.3, -0.25) is 4.79 Å². The summed E-state index contributed by atoms with van der Waals surface area (Å²) in [6.07, 6.45) is 0.384. The average Bonchev–Trinajstić information content (AvgIpc) is 3.29. The third-order valence-corrected chi connectivity index (χ3v) is 4.91. The van der Waals surface area contributed by atoms with Crippen LogP contribution in [0.3, 0.4) is 0 Å². The Morgan fingerprint density at radius 3 is 2.63 bits per heavy atom. The number of hydrogen-bond acceptors (Lipinski definition) is 5. The highest BCUT2D eigenvalue weighted by Gasteiger charge is 2.35. The Kier molecular flexibility index (Phi) is 4.39. The van der Waals surface area contributed by atoms with Gasteiger partial charge in [-0.1, -0.05) is 22.9 Å². The molecule has 138 valence electrons. The number of carbonyl (C=O) groups excluding carboxylic acids is 1. The van der Waals surface area contributed by atoms with Crippen molar-refractivity contribution in [3.8, 4) is 17.2 Å². The minimum atomic E-state index is -0.0750. The number of amides is 1. The lowest BCUT2D eigenvalue weighted by molar-refractivity contribution is -0.117. The van der Waals surface area contributed by atoms with Gasteiger partial charge in [0.25, 0.3) is 5.89 Å². The molecule has 27 heavy (non-hydrogen) atoms. The number of rotatable bonds is 4. The molecule has 2 heterocycles. The minimum Gasteiger partial charge on any atom is -0.497 e. The SMILES string of the molecule is COc1ccc(-c2nc(C3CC(=O)N(c4ccc(C)cc4C)C3)no2)cc1. The smallest absolute Gasteiger partial charge is 0.257 e. The largest absolute Gasteiger partial charge is 0.497 e. The summed E-state index contributed by atoms with van der Waals surface area (Å²) in [4.78, 5) is 18.9. The average molecular weight is 363 g/mol. The first kappa shape index (κ1) is 17.3. The molecule has 0 N–H and O–H groups in total. The standard InChI is InChI=1S/C21H21N3O3/c1-13-4-9-18(14(2)10-13)24-12-16(11-19(24)25)20-22-21(27-23-20)15-5-7-17(26-3)8-6-15/h4-10,16H,11-12H2,1-3H3. The van der Waals surface area contributed by atoms with E-state index in [0.29, 0.717) is 24.7 Å². The van der Waals surface area contributed by atoms with Gasteiger partial charge in [-0.15, -0.1) is 0 Å². The Bertz CT molecular complexity index is 979. The van der Waals surface area contributed by atoms with Crippen molar-refractivity contribution in [2.45, 2.75) is 26.2 Å². The maximum Gasteiger partial charge on any atom is 0.257 e. The fourth-order valence-electron chi connectivity index (χ4n) is 3.47. The number of aryl methyl sites for hydroxylation is 2. The lowest BCUT2D eigenvalue weighted by Crippen LogP contribution is -2.25. The van der Waals surface area contributed by atoms with Crippen molar-refractivity contribution in [2.24, 2.45) is 0 Å². The number of aromatic nitrogens is 2. The number of methoxy groups -OCH3 is 1. The second kappa shape index (κ2) is 6.87. The van der Waals surface area contributed by atoms with Crippen LogP contribution in [0.15, 0.2) is 47.0 Å². The Hall–Kier alpha value is -3.15. The zero-order chi connectivity index (χ0) is 19.0. The van der Waals surface area contributed by atoms with Gasteiger partial charge in [0.15, 0.2) is 5.82 Å². The maximum atomic E-state index is 12.6. The zero-order valence-electron chi connectivity index (χ0n) is 15.6. The number of nitrogens with zero attached hydrogens (tertiary/aromatic N) is 3. The zero-order valence-corrected chi connectivity index (χ0v) is 15.6.